The Hall–Kier alpha value is -2.34. The molecule has 98 valence electrons. The molecule has 0 aliphatic rings. The number of thiocarbonyl (C=S) groups is 1. The summed E-state index contributed by atoms with van der Waals surface area (Å²) in [6, 6.07) is 9.77. The average molecular weight is 275 g/mol. The van der Waals surface area contributed by atoms with Gasteiger partial charge in [-0.1, -0.05) is 12.1 Å². The summed E-state index contributed by atoms with van der Waals surface area (Å²) in [6.07, 6.45) is 1.59. The van der Waals surface area contributed by atoms with E-state index in [-0.39, 0.29) is 5.56 Å². The van der Waals surface area contributed by atoms with E-state index in [0.29, 0.717) is 17.3 Å². The van der Waals surface area contributed by atoms with Crippen molar-refractivity contribution < 1.29 is 14.3 Å². The van der Waals surface area contributed by atoms with Crippen molar-refractivity contribution in [1.82, 2.24) is 5.32 Å². The van der Waals surface area contributed by atoms with Crippen molar-refractivity contribution in [1.29, 1.82) is 0 Å². The third-order valence-electron chi connectivity index (χ3n) is 2.38. The molecule has 0 amide bonds. The molecule has 1 aromatic heterocycles. The number of carbonyl (C=O) groups is 1. The number of rotatable bonds is 4. The van der Waals surface area contributed by atoms with Crippen LogP contribution in [0.25, 0.3) is 0 Å². The van der Waals surface area contributed by atoms with Gasteiger partial charge in [0.25, 0.3) is 0 Å². The van der Waals surface area contributed by atoms with E-state index in [9.17, 15) is 9.90 Å². The monoisotopic (exact) mass is 275 g/mol. The first kappa shape index (κ1) is 13.1. The molecule has 2 aromatic rings. The van der Waals surface area contributed by atoms with Gasteiger partial charge in [-0.15, -0.1) is 0 Å². The van der Waals surface area contributed by atoms with E-state index in [1.807, 2.05) is 6.07 Å². The second-order valence-corrected chi connectivity index (χ2v) is 4.16. The Morgan fingerprint density at radius 1 is 1.26 bits per heavy atom. The molecule has 1 aromatic carbocycles. The summed E-state index contributed by atoms with van der Waals surface area (Å²) in [7, 11) is 0. The highest BCUT2D eigenvalue weighted by Gasteiger charge is 2.00. The van der Waals surface area contributed by atoms with E-state index in [4.69, 9.17) is 16.6 Å². The zero-order valence-corrected chi connectivity index (χ0v) is 10.7. The predicted molar refractivity (Wildman–Crippen MR) is 72.5 cm³/mol. The van der Waals surface area contributed by atoms with Gasteiger partial charge < -0.3 is 25.0 Å². The van der Waals surface area contributed by atoms with Crippen LogP contribution < -0.4 is 15.7 Å². The Morgan fingerprint density at radius 2 is 2.00 bits per heavy atom. The van der Waals surface area contributed by atoms with E-state index in [2.05, 4.69) is 10.6 Å². The number of nitrogens with one attached hydrogen (secondary N) is 2. The van der Waals surface area contributed by atoms with Crippen LogP contribution in [0.3, 0.4) is 0 Å². The van der Waals surface area contributed by atoms with Gasteiger partial charge in [-0.25, -0.2) is 0 Å². The number of carboxylic acid groups (broad SMARTS) is 1. The molecule has 6 heteroatoms. The van der Waals surface area contributed by atoms with Crippen molar-refractivity contribution in [2.75, 3.05) is 5.32 Å². The quantitative estimate of drug-likeness (QED) is 0.815. The number of carboxylic acids is 1. The summed E-state index contributed by atoms with van der Waals surface area (Å²) < 4.78 is 5.15. The van der Waals surface area contributed by atoms with Gasteiger partial charge in [0.15, 0.2) is 5.11 Å². The lowest BCUT2D eigenvalue weighted by Gasteiger charge is -2.10. The van der Waals surface area contributed by atoms with Crippen molar-refractivity contribution in [3.8, 4) is 0 Å². The van der Waals surface area contributed by atoms with Gasteiger partial charge in [-0.05, 0) is 42.0 Å². The first-order chi connectivity index (χ1) is 9.15. The van der Waals surface area contributed by atoms with Gasteiger partial charge >= 0.3 is 0 Å². The van der Waals surface area contributed by atoms with Crippen LogP contribution in [0.4, 0.5) is 5.69 Å². The predicted octanol–water partition coefficient (Wildman–Crippen LogP) is 1.13. The van der Waals surface area contributed by atoms with Crippen molar-refractivity contribution in [2.45, 2.75) is 6.54 Å². The lowest BCUT2D eigenvalue weighted by molar-refractivity contribution is -0.255. The topological polar surface area (TPSA) is 77.3 Å². The minimum atomic E-state index is -1.20. The number of benzene rings is 1. The number of furan rings is 1. The Balaban J connectivity index is 1.86. The van der Waals surface area contributed by atoms with Gasteiger partial charge in [0.2, 0.25) is 0 Å². The molecular weight excluding hydrogens is 264 g/mol. The maximum absolute atomic E-state index is 10.6. The molecule has 0 unspecified atom stereocenters. The van der Waals surface area contributed by atoms with Crippen molar-refractivity contribution in [3.63, 3.8) is 0 Å². The van der Waals surface area contributed by atoms with Crippen LogP contribution in [-0.4, -0.2) is 11.1 Å². The molecule has 0 saturated carbocycles. The van der Waals surface area contributed by atoms with Crippen LogP contribution in [0.5, 0.6) is 0 Å². The van der Waals surface area contributed by atoms with Gasteiger partial charge in [0.05, 0.1) is 18.8 Å². The molecule has 0 aliphatic heterocycles. The molecule has 5 nitrogen and oxygen atoms in total. The molecule has 0 fully saturated rings. The van der Waals surface area contributed by atoms with Crippen LogP contribution in [0.1, 0.15) is 16.1 Å². The fraction of sp³-hybridized carbons (Fsp3) is 0.0769. The van der Waals surface area contributed by atoms with E-state index in [1.165, 1.54) is 12.1 Å². The fourth-order valence-corrected chi connectivity index (χ4v) is 1.64. The second-order valence-electron chi connectivity index (χ2n) is 3.75. The zero-order chi connectivity index (χ0) is 13.7. The summed E-state index contributed by atoms with van der Waals surface area (Å²) in [5.41, 5.74) is 0.821. The molecule has 0 saturated heterocycles. The van der Waals surface area contributed by atoms with Gasteiger partial charge in [0, 0.05) is 5.69 Å². The molecule has 0 atom stereocenters. The Kier molecular flexibility index (Phi) is 4.15. The van der Waals surface area contributed by atoms with E-state index in [1.54, 1.807) is 24.5 Å². The van der Waals surface area contributed by atoms with Gasteiger partial charge in [0.1, 0.15) is 5.76 Å². The van der Waals surface area contributed by atoms with Crippen molar-refractivity contribution >= 4 is 29.0 Å². The van der Waals surface area contributed by atoms with Crippen LogP contribution in [0.15, 0.2) is 47.1 Å². The fourth-order valence-electron chi connectivity index (χ4n) is 1.45. The Bertz CT molecular complexity index is 564. The highest BCUT2D eigenvalue weighted by molar-refractivity contribution is 7.80. The molecule has 0 radical (unpaired) electrons. The first-order valence-electron chi connectivity index (χ1n) is 5.54. The number of carbonyl (C=O) groups excluding carboxylic acids is 1. The van der Waals surface area contributed by atoms with Crippen LogP contribution in [0.2, 0.25) is 0 Å². The third kappa shape index (κ3) is 3.82. The second kappa shape index (κ2) is 6.01. The number of hydrogen-bond acceptors (Lipinski definition) is 4. The highest BCUT2D eigenvalue weighted by Crippen LogP contribution is 2.09. The van der Waals surface area contributed by atoms with Crippen LogP contribution >= 0.6 is 12.2 Å². The Labute approximate surface area is 115 Å². The lowest BCUT2D eigenvalue weighted by atomic mass is 10.2. The first-order valence-corrected chi connectivity index (χ1v) is 5.94. The molecule has 2 rings (SSSR count). The smallest absolute Gasteiger partial charge is 0.171 e. The number of aromatic carboxylic acids is 1. The molecular formula is C13H11N2O3S-. The van der Waals surface area contributed by atoms with Crippen molar-refractivity contribution in [3.05, 3.63) is 54.0 Å². The standard InChI is InChI=1S/C13H12N2O3S/c16-12(17)9-3-5-10(6-4-9)15-13(19)14-8-11-2-1-7-18-11/h1-7H,8H2,(H,16,17)(H2,14,15,19)/p-1. The average Bonchev–Trinajstić information content (AvgIpc) is 2.90. The molecule has 0 aliphatic carbocycles. The van der Waals surface area contributed by atoms with E-state index >= 15 is 0 Å². The Morgan fingerprint density at radius 3 is 2.58 bits per heavy atom. The van der Waals surface area contributed by atoms with Gasteiger partial charge in [-0.3, -0.25) is 0 Å². The summed E-state index contributed by atoms with van der Waals surface area (Å²) in [5.74, 6) is -0.429. The van der Waals surface area contributed by atoms with E-state index in [0.717, 1.165) is 5.76 Å². The van der Waals surface area contributed by atoms with Crippen LogP contribution in [-0.2, 0) is 6.54 Å². The van der Waals surface area contributed by atoms with Gasteiger partial charge in [-0.2, -0.15) is 0 Å². The molecule has 0 spiro atoms. The summed E-state index contributed by atoms with van der Waals surface area (Å²) in [6.45, 7) is 0.482. The third-order valence-corrected chi connectivity index (χ3v) is 2.63. The highest BCUT2D eigenvalue weighted by atomic mass is 32.1. The largest absolute Gasteiger partial charge is 0.545 e. The minimum Gasteiger partial charge on any atom is -0.545 e. The SMILES string of the molecule is O=C([O-])c1ccc(NC(=S)NCc2ccco2)cc1. The normalized spacial score (nSPS) is 9.89. The zero-order valence-electron chi connectivity index (χ0n) is 9.88. The number of hydrogen-bond donors (Lipinski definition) is 2. The molecule has 1 heterocycles. The summed E-state index contributed by atoms with van der Waals surface area (Å²) in [4.78, 5) is 10.6. The van der Waals surface area contributed by atoms with E-state index < -0.39 is 5.97 Å². The summed E-state index contributed by atoms with van der Waals surface area (Å²) >= 11 is 5.10. The molecule has 2 N–H and O–H groups in total. The minimum absolute atomic E-state index is 0.125. The number of anilines is 1. The maximum atomic E-state index is 10.6. The maximum Gasteiger partial charge on any atom is 0.171 e. The summed E-state index contributed by atoms with van der Waals surface area (Å²) in [5, 5.41) is 16.9. The molecule has 0 bridgehead atoms. The lowest BCUT2D eigenvalue weighted by Crippen LogP contribution is -2.27. The van der Waals surface area contributed by atoms with Crippen molar-refractivity contribution in [2.24, 2.45) is 0 Å². The molecule has 19 heavy (non-hydrogen) atoms. The van der Waals surface area contributed by atoms with Crippen LogP contribution in [0, 0.1) is 0 Å².